The highest BCUT2D eigenvalue weighted by molar-refractivity contribution is 7.11. The van der Waals surface area contributed by atoms with Crippen molar-refractivity contribution >= 4 is 28.3 Å². The molecule has 8 heteroatoms. The molecular weight excluding hydrogens is 367 g/mol. The van der Waals surface area contributed by atoms with Gasteiger partial charge in [-0.2, -0.15) is 9.65 Å². The predicted molar refractivity (Wildman–Crippen MR) is 103 cm³/mol. The van der Waals surface area contributed by atoms with E-state index in [0.717, 1.165) is 29.0 Å². The van der Waals surface area contributed by atoms with Crippen LogP contribution >= 0.6 is 11.3 Å². The molecule has 0 saturated heterocycles. The lowest BCUT2D eigenvalue weighted by Gasteiger charge is -2.02. The van der Waals surface area contributed by atoms with E-state index in [-0.39, 0.29) is 5.57 Å². The fourth-order valence-corrected chi connectivity index (χ4v) is 3.09. The number of nitrogens with one attached hydrogen (secondary N) is 1. The largest absolute Gasteiger partial charge is 0.360 e. The van der Waals surface area contributed by atoms with Gasteiger partial charge in [0, 0.05) is 28.9 Å². The molecule has 0 aliphatic heterocycles. The van der Waals surface area contributed by atoms with E-state index in [1.807, 2.05) is 42.6 Å². The first kappa shape index (κ1) is 18.2. The highest BCUT2D eigenvalue weighted by Crippen LogP contribution is 2.27. The van der Waals surface area contributed by atoms with Gasteiger partial charge in [-0.15, -0.1) is 11.3 Å². The summed E-state index contributed by atoms with van der Waals surface area (Å²) in [6.45, 7) is 2.00. The van der Waals surface area contributed by atoms with E-state index < -0.39 is 16.4 Å². The van der Waals surface area contributed by atoms with E-state index >= 15 is 0 Å². The number of nitro groups is 1. The maximum Gasteiger partial charge on any atom is 0.306 e. The van der Waals surface area contributed by atoms with Crippen LogP contribution in [-0.2, 0) is 0 Å². The lowest BCUT2D eigenvalue weighted by Crippen LogP contribution is -1.96. The van der Waals surface area contributed by atoms with E-state index in [4.69, 9.17) is 0 Å². The van der Waals surface area contributed by atoms with Crippen LogP contribution in [0.15, 0.2) is 54.0 Å². The molecular formula is C19H13FN4O2S. The number of hydrogen-bond acceptors (Lipinski definition) is 6. The van der Waals surface area contributed by atoms with Crippen molar-refractivity contribution in [2.45, 2.75) is 6.92 Å². The van der Waals surface area contributed by atoms with Gasteiger partial charge in [-0.3, -0.25) is 10.1 Å². The highest BCUT2D eigenvalue weighted by atomic mass is 32.1. The molecule has 0 atom stereocenters. The number of benzene rings is 2. The average molecular weight is 380 g/mol. The number of allylic oxidation sites excluding steroid dienone is 1. The smallest absolute Gasteiger partial charge is 0.306 e. The van der Waals surface area contributed by atoms with E-state index in [1.165, 1.54) is 23.6 Å². The molecule has 6 nitrogen and oxygen atoms in total. The number of nitrogens with zero attached hydrogens (tertiary/aromatic N) is 3. The first-order valence-corrected chi connectivity index (χ1v) is 8.69. The Morgan fingerprint density at radius 2 is 2.07 bits per heavy atom. The molecule has 0 amide bonds. The van der Waals surface area contributed by atoms with Gasteiger partial charge in [0.1, 0.15) is 16.6 Å². The van der Waals surface area contributed by atoms with Crippen molar-refractivity contribution in [2.24, 2.45) is 0 Å². The summed E-state index contributed by atoms with van der Waals surface area (Å²) in [5.74, 6) is -0.919. The summed E-state index contributed by atoms with van der Waals surface area (Å²) in [6.07, 6.45) is 1.40. The van der Waals surface area contributed by atoms with Crippen LogP contribution < -0.4 is 5.32 Å². The third-order valence-electron chi connectivity index (χ3n) is 3.73. The molecule has 0 fully saturated rings. The van der Waals surface area contributed by atoms with E-state index in [2.05, 4.69) is 10.3 Å². The van der Waals surface area contributed by atoms with Gasteiger partial charge in [-0.05, 0) is 19.1 Å². The number of halogens is 1. The van der Waals surface area contributed by atoms with Crippen molar-refractivity contribution in [2.75, 3.05) is 5.32 Å². The first-order valence-electron chi connectivity index (χ1n) is 7.81. The van der Waals surface area contributed by atoms with E-state index in [9.17, 15) is 19.8 Å². The maximum atomic E-state index is 13.4. The lowest BCUT2D eigenvalue weighted by molar-refractivity contribution is -0.387. The van der Waals surface area contributed by atoms with Gasteiger partial charge >= 0.3 is 5.69 Å². The van der Waals surface area contributed by atoms with Crippen LogP contribution in [-0.4, -0.2) is 9.91 Å². The quantitative estimate of drug-likeness (QED) is 0.376. The number of nitro benzene ring substituents is 1. The second-order valence-corrected chi connectivity index (χ2v) is 6.50. The summed E-state index contributed by atoms with van der Waals surface area (Å²) in [6, 6.07) is 13.4. The van der Waals surface area contributed by atoms with Crippen molar-refractivity contribution in [1.29, 1.82) is 5.26 Å². The van der Waals surface area contributed by atoms with Gasteiger partial charge in [0.25, 0.3) is 0 Å². The molecule has 0 unspecified atom stereocenters. The number of hydrogen-bond donors (Lipinski definition) is 1. The first-order chi connectivity index (χ1) is 13.0. The van der Waals surface area contributed by atoms with E-state index in [1.54, 1.807) is 0 Å². The zero-order chi connectivity index (χ0) is 19.4. The number of anilines is 1. The second kappa shape index (κ2) is 7.76. The summed E-state index contributed by atoms with van der Waals surface area (Å²) < 4.78 is 13.4. The molecule has 0 bridgehead atoms. The monoisotopic (exact) mass is 380 g/mol. The third kappa shape index (κ3) is 4.16. The van der Waals surface area contributed by atoms with Crippen LogP contribution in [0.1, 0.15) is 10.6 Å². The number of thiazole rings is 1. The van der Waals surface area contributed by atoms with Crippen molar-refractivity contribution in [3.8, 4) is 17.3 Å². The number of aryl methyl sites for hydroxylation is 1. The summed E-state index contributed by atoms with van der Waals surface area (Å²) in [4.78, 5) is 14.5. The predicted octanol–water partition coefficient (Wildman–Crippen LogP) is 5.14. The van der Waals surface area contributed by atoms with Crippen molar-refractivity contribution < 1.29 is 9.31 Å². The van der Waals surface area contributed by atoms with Gasteiger partial charge in [-0.1, -0.05) is 29.8 Å². The van der Waals surface area contributed by atoms with Crippen LogP contribution in [0.4, 0.5) is 15.8 Å². The molecule has 134 valence electrons. The van der Waals surface area contributed by atoms with Gasteiger partial charge < -0.3 is 5.32 Å². The van der Waals surface area contributed by atoms with Crippen LogP contribution in [0.5, 0.6) is 0 Å². The van der Waals surface area contributed by atoms with Crippen molar-refractivity contribution in [3.63, 3.8) is 0 Å². The molecule has 3 rings (SSSR count). The summed E-state index contributed by atoms with van der Waals surface area (Å²) in [7, 11) is 0. The van der Waals surface area contributed by atoms with Crippen LogP contribution in [0.25, 0.3) is 16.8 Å². The molecule has 1 N–H and O–H groups in total. The Morgan fingerprint density at radius 1 is 1.33 bits per heavy atom. The average Bonchev–Trinajstić information content (AvgIpc) is 3.14. The van der Waals surface area contributed by atoms with Gasteiger partial charge in [0.15, 0.2) is 0 Å². The standard InChI is InChI=1S/C19H13FN4O2S/c1-12-2-4-13(5-3-12)17-11-27-19(23-17)14(9-21)10-22-15-6-7-16(20)18(8-15)24(25)26/h2-8,10-11,22H,1H3/b14-10+. The molecule has 0 spiro atoms. The summed E-state index contributed by atoms with van der Waals surface area (Å²) in [5, 5.41) is 25.4. The highest BCUT2D eigenvalue weighted by Gasteiger charge is 2.14. The Morgan fingerprint density at radius 3 is 2.74 bits per heavy atom. The number of rotatable bonds is 5. The zero-order valence-electron chi connectivity index (χ0n) is 14.1. The Bertz CT molecular complexity index is 1070. The SMILES string of the molecule is Cc1ccc(-c2csc(/C(C#N)=C/Nc3ccc(F)c([N+](=O)[O-])c3)n2)cc1. The Kier molecular flexibility index (Phi) is 5.24. The Balaban J connectivity index is 1.83. The fraction of sp³-hybridized carbons (Fsp3) is 0.0526. The second-order valence-electron chi connectivity index (χ2n) is 5.64. The molecule has 0 saturated carbocycles. The normalized spacial score (nSPS) is 11.1. The molecule has 3 aromatic rings. The van der Waals surface area contributed by atoms with E-state index in [0.29, 0.717) is 10.7 Å². The zero-order valence-corrected chi connectivity index (χ0v) is 15.0. The molecule has 1 heterocycles. The Labute approximate surface area is 158 Å². The molecule has 0 aliphatic carbocycles. The van der Waals surface area contributed by atoms with Crippen LogP contribution in [0.3, 0.4) is 0 Å². The third-order valence-corrected chi connectivity index (χ3v) is 4.60. The minimum Gasteiger partial charge on any atom is -0.360 e. The number of aromatic nitrogens is 1. The molecule has 0 radical (unpaired) electrons. The maximum absolute atomic E-state index is 13.4. The Hall–Kier alpha value is -3.57. The molecule has 2 aromatic carbocycles. The number of nitriles is 1. The topological polar surface area (TPSA) is 91.8 Å². The minimum absolute atomic E-state index is 0.269. The van der Waals surface area contributed by atoms with Gasteiger partial charge in [-0.25, -0.2) is 4.98 Å². The summed E-state index contributed by atoms with van der Waals surface area (Å²) in [5.41, 5.74) is 2.78. The van der Waals surface area contributed by atoms with Crippen LogP contribution in [0.2, 0.25) is 0 Å². The molecule has 0 aliphatic rings. The molecule has 1 aromatic heterocycles. The van der Waals surface area contributed by atoms with Gasteiger partial charge in [0.05, 0.1) is 10.6 Å². The van der Waals surface area contributed by atoms with Gasteiger partial charge in [0.2, 0.25) is 5.82 Å². The van der Waals surface area contributed by atoms with Crippen molar-refractivity contribution in [3.05, 3.63) is 80.5 Å². The minimum atomic E-state index is -0.919. The summed E-state index contributed by atoms with van der Waals surface area (Å²) >= 11 is 1.32. The fourth-order valence-electron chi connectivity index (χ4n) is 2.29. The van der Waals surface area contributed by atoms with Crippen molar-refractivity contribution in [1.82, 2.24) is 4.98 Å². The lowest BCUT2D eigenvalue weighted by atomic mass is 10.1. The van der Waals surface area contributed by atoms with Crippen LogP contribution in [0, 0.1) is 34.2 Å². The molecule has 27 heavy (non-hydrogen) atoms.